The summed E-state index contributed by atoms with van der Waals surface area (Å²) in [6.07, 6.45) is 1.51. The Morgan fingerprint density at radius 1 is 1.17 bits per heavy atom. The molecular weight excluding hydrogens is 400 g/mol. The fraction of sp³-hybridized carbons (Fsp3) is 0.238. The van der Waals surface area contributed by atoms with Crippen LogP contribution in [0.25, 0.3) is 21.1 Å². The summed E-state index contributed by atoms with van der Waals surface area (Å²) in [5, 5.41) is 7.17. The Balaban J connectivity index is 1.49. The van der Waals surface area contributed by atoms with Gasteiger partial charge in [-0.25, -0.2) is 15.0 Å². The molecule has 8 nitrogen and oxygen atoms in total. The maximum atomic E-state index is 12.6. The van der Waals surface area contributed by atoms with Crippen molar-refractivity contribution in [2.24, 2.45) is 5.92 Å². The average molecular weight is 420 g/mol. The van der Waals surface area contributed by atoms with E-state index >= 15 is 0 Å². The molecule has 1 aliphatic heterocycles. The molecule has 0 spiro atoms. The molecule has 9 heteroatoms. The van der Waals surface area contributed by atoms with Gasteiger partial charge in [0.1, 0.15) is 17.9 Å². The first kappa shape index (κ1) is 18.7. The van der Waals surface area contributed by atoms with Crippen molar-refractivity contribution in [2.45, 2.75) is 0 Å². The largest absolute Gasteiger partial charge is 0.494 e. The molecule has 0 radical (unpaired) electrons. The van der Waals surface area contributed by atoms with Crippen LogP contribution < -0.4 is 15.4 Å². The highest BCUT2D eigenvalue weighted by Crippen LogP contribution is 2.34. The van der Waals surface area contributed by atoms with Gasteiger partial charge in [0.05, 0.1) is 40.0 Å². The van der Waals surface area contributed by atoms with Gasteiger partial charge in [-0.2, -0.15) is 0 Å². The summed E-state index contributed by atoms with van der Waals surface area (Å²) in [6.45, 7) is 1.52. The number of carbonyl (C=O) groups is 1. The van der Waals surface area contributed by atoms with Gasteiger partial charge in [-0.3, -0.25) is 4.79 Å². The summed E-state index contributed by atoms with van der Waals surface area (Å²) in [5.74, 6) is 1.21. The maximum Gasteiger partial charge on any atom is 0.230 e. The second kappa shape index (κ2) is 7.51. The predicted octanol–water partition coefficient (Wildman–Crippen LogP) is 3.49. The van der Waals surface area contributed by atoms with Crippen LogP contribution >= 0.6 is 11.3 Å². The summed E-state index contributed by atoms with van der Waals surface area (Å²) in [5.41, 5.74) is 5.04. The highest BCUT2D eigenvalue weighted by atomic mass is 32.1. The molecule has 2 aromatic carbocycles. The molecule has 0 unspecified atom stereocenters. The van der Waals surface area contributed by atoms with Gasteiger partial charge in [-0.1, -0.05) is 0 Å². The van der Waals surface area contributed by atoms with Crippen LogP contribution in [0.1, 0.15) is 0 Å². The minimum Gasteiger partial charge on any atom is -0.494 e. The molecule has 0 saturated carbocycles. The lowest BCUT2D eigenvalue weighted by Crippen LogP contribution is -2.49. The van der Waals surface area contributed by atoms with Gasteiger partial charge in [0.25, 0.3) is 0 Å². The lowest BCUT2D eigenvalue weighted by atomic mass is 10.00. The zero-order valence-electron chi connectivity index (χ0n) is 16.5. The zero-order chi connectivity index (χ0) is 20.7. The van der Waals surface area contributed by atoms with Crippen molar-refractivity contribution in [3.63, 3.8) is 0 Å². The molecular formula is C21H20N6O2S. The van der Waals surface area contributed by atoms with E-state index in [1.54, 1.807) is 18.4 Å². The molecule has 1 aliphatic rings. The Hall–Kier alpha value is -3.30. The standard InChI is InChI=1S/C21H20N6O2S/c1-27-8-12(9-27)21(28)26-17-6-14-16(7-18(17)29-2)22-10-23-20(14)25-13-3-4-15-19(5-13)30-11-24-15/h3-7,10-12H,8-9H2,1-2H3,(H,26,28)(H,22,23,25). The van der Waals surface area contributed by atoms with Gasteiger partial charge in [-0.05, 0) is 31.3 Å². The lowest BCUT2D eigenvalue weighted by molar-refractivity contribution is -0.124. The molecule has 30 heavy (non-hydrogen) atoms. The van der Waals surface area contributed by atoms with E-state index in [1.165, 1.54) is 6.33 Å². The Morgan fingerprint density at radius 2 is 2.03 bits per heavy atom. The number of ether oxygens (including phenoxy) is 1. The summed E-state index contributed by atoms with van der Waals surface area (Å²) in [7, 11) is 3.58. The number of thiazole rings is 1. The normalized spacial score (nSPS) is 14.6. The van der Waals surface area contributed by atoms with Crippen LogP contribution in [0.4, 0.5) is 17.2 Å². The van der Waals surface area contributed by atoms with E-state index in [4.69, 9.17) is 4.74 Å². The van der Waals surface area contributed by atoms with Gasteiger partial charge >= 0.3 is 0 Å². The molecule has 152 valence electrons. The van der Waals surface area contributed by atoms with Crippen LogP contribution in [0, 0.1) is 5.92 Å². The Bertz CT molecular complexity index is 1250. The van der Waals surface area contributed by atoms with E-state index in [1.807, 2.05) is 42.9 Å². The highest BCUT2D eigenvalue weighted by molar-refractivity contribution is 7.16. The number of fused-ring (bicyclic) bond motifs is 2. The van der Waals surface area contributed by atoms with Crippen LogP contribution in [0.5, 0.6) is 5.75 Å². The van der Waals surface area contributed by atoms with Crippen molar-refractivity contribution in [3.8, 4) is 5.75 Å². The topological polar surface area (TPSA) is 92.3 Å². The van der Waals surface area contributed by atoms with Gasteiger partial charge < -0.3 is 20.3 Å². The number of carbonyl (C=O) groups excluding carboxylic acids is 1. The van der Waals surface area contributed by atoms with Gasteiger partial charge in [-0.15, -0.1) is 11.3 Å². The van der Waals surface area contributed by atoms with E-state index in [2.05, 4.69) is 30.5 Å². The highest BCUT2D eigenvalue weighted by Gasteiger charge is 2.30. The Labute approximate surface area is 176 Å². The fourth-order valence-corrected chi connectivity index (χ4v) is 4.34. The number of rotatable bonds is 5. The third-order valence-electron chi connectivity index (χ3n) is 5.24. The second-order valence-electron chi connectivity index (χ2n) is 7.36. The van der Waals surface area contributed by atoms with Crippen molar-refractivity contribution in [2.75, 3.05) is 37.9 Å². The molecule has 0 aliphatic carbocycles. The number of hydrogen-bond donors (Lipinski definition) is 2. The molecule has 3 heterocycles. The number of likely N-dealkylation sites (tertiary alicyclic amines) is 1. The number of nitrogens with zero attached hydrogens (tertiary/aromatic N) is 4. The molecule has 4 aromatic rings. The van der Waals surface area contributed by atoms with E-state index < -0.39 is 0 Å². The number of hydrogen-bond acceptors (Lipinski definition) is 8. The van der Waals surface area contributed by atoms with Crippen LogP contribution in [0.15, 0.2) is 42.2 Å². The van der Waals surface area contributed by atoms with Crippen LogP contribution in [0.2, 0.25) is 0 Å². The monoisotopic (exact) mass is 420 g/mol. The smallest absolute Gasteiger partial charge is 0.230 e. The van der Waals surface area contributed by atoms with Crippen LogP contribution in [-0.2, 0) is 4.79 Å². The first-order valence-electron chi connectivity index (χ1n) is 9.53. The maximum absolute atomic E-state index is 12.6. The first-order chi connectivity index (χ1) is 14.6. The van der Waals surface area contributed by atoms with E-state index in [-0.39, 0.29) is 11.8 Å². The molecule has 1 saturated heterocycles. The van der Waals surface area contributed by atoms with Crippen LogP contribution in [-0.4, -0.2) is 53.0 Å². The van der Waals surface area contributed by atoms with Crippen molar-refractivity contribution in [3.05, 3.63) is 42.2 Å². The van der Waals surface area contributed by atoms with Gasteiger partial charge in [0.2, 0.25) is 5.91 Å². The molecule has 0 atom stereocenters. The fourth-order valence-electron chi connectivity index (χ4n) is 3.62. The summed E-state index contributed by atoms with van der Waals surface area (Å²) < 4.78 is 6.59. The molecule has 1 amide bonds. The summed E-state index contributed by atoms with van der Waals surface area (Å²) in [4.78, 5) is 27.8. The van der Waals surface area contributed by atoms with Crippen molar-refractivity contribution < 1.29 is 9.53 Å². The van der Waals surface area contributed by atoms with E-state index in [0.29, 0.717) is 17.3 Å². The van der Waals surface area contributed by atoms with Crippen molar-refractivity contribution in [1.29, 1.82) is 0 Å². The number of methoxy groups -OCH3 is 1. The van der Waals surface area contributed by atoms with Crippen LogP contribution in [0.3, 0.4) is 0 Å². The van der Waals surface area contributed by atoms with Crippen molar-refractivity contribution >= 4 is 55.6 Å². The minimum absolute atomic E-state index is 0.00671. The summed E-state index contributed by atoms with van der Waals surface area (Å²) >= 11 is 1.59. The lowest BCUT2D eigenvalue weighted by Gasteiger charge is -2.34. The molecule has 5 rings (SSSR count). The second-order valence-corrected chi connectivity index (χ2v) is 8.25. The number of nitrogens with one attached hydrogen (secondary N) is 2. The summed E-state index contributed by atoms with van der Waals surface area (Å²) in [6, 6.07) is 9.66. The number of benzene rings is 2. The third kappa shape index (κ3) is 3.42. The number of aromatic nitrogens is 3. The SMILES string of the molecule is COc1cc2ncnc(Nc3ccc4ncsc4c3)c2cc1NC(=O)C1CN(C)C1. The Kier molecular flexibility index (Phi) is 4.68. The number of anilines is 3. The quantitative estimate of drug-likeness (QED) is 0.511. The minimum atomic E-state index is -0.00819. The van der Waals surface area contributed by atoms with E-state index in [0.717, 1.165) is 39.9 Å². The molecule has 1 fully saturated rings. The van der Waals surface area contributed by atoms with E-state index in [9.17, 15) is 4.79 Å². The Morgan fingerprint density at radius 3 is 2.83 bits per heavy atom. The molecule has 2 N–H and O–H groups in total. The third-order valence-corrected chi connectivity index (χ3v) is 6.04. The average Bonchev–Trinajstić information content (AvgIpc) is 3.19. The molecule has 2 aromatic heterocycles. The van der Waals surface area contributed by atoms with Gasteiger partial charge in [0, 0.05) is 30.2 Å². The van der Waals surface area contributed by atoms with Crippen molar-refractivity contribution in [1.82, 2.24) is 19.9 Å². The molecule has 0 bridgehead atoms. The zero-order valence-corrected chi connectivity index (χ0v) is 17.4. The van der Waals surface area contributed by atoms with Gasteiger partial charge in [0.15, 0.2) is 0 Å². The predicted molar refractivity (Wildman–Crippen MR) is 119 cm³/mol. The number of amides is 1. The first-order valence-corrected chi connectivity index (χ1v) is 10.4.